The molecular weight excluding hydrogens is 256 g/mol. The maximum atomic E-state index is 12.1. The number of aliphatic carboxylic acids is 1. The van der Waals surface area contributed by atoms with Crippen molar-refractivity contribution in [1.82, 2.24) is 10.6 Å². The van der Waals surface area contributed by atoms with Gasteiger partial charge in [-0.2, -0.15) is 0 Å². The fourth-order valence-electron chi connectivity index (χ4n) is 3.87. The molecular formula is C15H26N2O3. The zero-order valence-corrected chi connectivity index (χ0v) is 12.4. The Morgan fingerprint density at radius 2 is 1.60 bits per heavy atom. The van der Waals surface area contributed by atoms with Crippen molar-refractivity contribution in [2.24, 2.45) is 11.8 Å². The Bertz CT molecular complexity index is 367. The van der Waals surface area contributed by atoms with E-state index >= 15 is 0 Å². The first-order valence-electron chi connectivity index (χ1n) is 7.73. The van der Waals surface area contributed by atoms with Crippen LogP contribution in [0.4, 0.5) is 4.79 Å². The molecule has 0 radical (unpaired) electrons. The first-order valence-corrected chi connectivity index (χ1v) is 7.73. The van der Waals surface area contributed by atoms with Gasteiger partial charge >= 0.3 is 12.0 Å². The summed E-state index contributed by atoms with van der Waals surface area (Å²) in [5, 5.41) is 15.1. The second-order valence-electron chi connectivity index (χ2n) is 6.81. The molecule has 2 atom stereocenters. The van der Waals surface area contributed by atoms with Gasteiger partial charge in [-0.1, -0.05) is 26.7 Å². The van der Waals surface area contributed by atoms with Gasteiger partial charge in [0.2, 0.25) is 0 Å². The molecule has 0 aromatic heterocycles. The SMILES string of the molecule is CC1CC(C)CC(NC(=O)NC2(C(=O)O)CCCC2)C1. The van der Waals surface area contributed by atoms with Gasteiger partial charge in [0, 0.05) is 6.04 Å². The average Bonchev–Trinajstić information content (AvgIpc) is 2.76. The molecule has 0 aromatic rings. The van der Waals surface area contributed by atoms with Crippen LogP contribution in [0.5, 0.6) is 0 Å². The van der Waals surface area contributed by atoms with Crippen molar-refractivity contribution in [1.29, 1.82) is 0 Å². The van der Waals surface area contributed by atoms with E-state index < -0.39 is 11.5 Å². The molecule has 2 fully saturated rings. The van der Waals surface area contributed by atoms with E-state index in [2.05, 4.69) is 24.5 Å². The minimum absolute atomic E-state index is 0.168. The number of urea groups is 1. The summed E-state index contributed by atoms with van der Waals surface area (Å²) >= 11 is 0. The summed E-state index contributed by atoms with van der Waals surface area (Å²) in [6.07, 6.45) is 5.98. The van der Waals surface area contributed by atoms with E-state index in [9.17, 15) is 14.7 Å². The number of carbonyl (C=O) groups is 2. The van der Waals surface area contributed by atoms with Gasteiger partial charge in [-0.3, -0.25) is 0 Å². The Balaban J connectivity index is 1.90. The first-order chi connectivity index (χ1) is 9.41. The van der Waals surface area contributed by atoms with E-state index in [-0.39, 0.29) is 12.1 Å². The van der Waals surface area contributed by atoms with Crippen LogP contribution in [-0.4, -0.2) is 28.7 Å². The Labute approximate surface area is 120 Å². The average molecular weight is 282 g/mol. The molecule has 2 amide bonds. The Kier molecular flexibility index (Phi) is 4.55. The Morgan fingerprint density at radius 3 is 2.10 bits per heavy atom. The number of nitrogens with one attached hydrogen (secondary N) is 2. The molecule has 0 heterocycles. The number of carbonyl (C=O) groups excluding carboxylic acids is 1. The molecule has 0 aromatic carbocycles. The van der Waals surface area contributed by atoms with Crippen LogP contribution in [0.1, 0.15) is 58.8 Å². The van der Waals surface area contributed by atoms with Gasteiger partial charge in [-0.25, -0.2) is 9.59 Å². The monoisotopic (exact) mass is 282 g/mol. The Hall–Kier alpha value is -1.26. The molecule has 5 heteroatoms. The van der Waals surface area contributed by atoms with Gasteiger partial charge in [0.1, 0.15) is 5.54 Å². The van der Waals surface area contributed by atoms with Gasteiger partial charge in [-0.15, -0.1) is 0 Å². The van der Waals surface area contributed by atoms with Crippen molar-refractivity contribution in [2.45, 2.75) is 70.4 Å². The van der Waals surface area contributed by atoms with E-state index in [1.165, 1.54) is 6.42 Å². The smallest absolute Gasteiger partial charge is 0.329 e. The van der Waals surface area contributed by atoms with Crippen LogP contribution in [-0.2, 0) is 4.79 Å². The fourth-order valence-corrected chi connectivity index (χ4v) is 3.87. The third-order valence-electron chi connectivity index (χ3n) is 4.73. The van der Waals surface area contributed by atoms with Crippen LogP contribution in [0.3, 0.4) is 0 Å². The molecule has 0 bridgehead atoms. The largest absolute Gasteiger partial charge is 0.480 e. The zero-order chi connectivity index (χ0) is 14.8. The van der Waals surface area contributed by atoms with E-state index in [1.54, 1.807) is 0 Å². The van der Waals surface area contributed by atoms with Crippen LogP contribution < -0.4 is 10.6 Å². The highest BCUT2D eigenvalue weighted by molar-refractivity contribution is 5.86. The summed E-state index contributed by atoms with van der Waals surface area (Å²) in [6, 6.07) is -0.151. The van der Waals surface area contributed by atoms with Crippen molar-refractivity contribution >= 4 is 12.0 Å². The third-order valence-corrected chi connectivity index (χ3v) is 4.73. The van der Waals surface area contributed by atoms with Crippen LogP contribution in [0.25, 0.3) is 0 Å². The van der Waals surface area contributed by atoms with Crippen molar-refractivity contribution in [3.8, 4) is 0 Å². The van der Waals surface area contributed by atoms with Crippen molar-refractivity contribution < 1.29 is 14.7 Å². The van der Waals surface area contributed by atoms with Gasteiger partial charge < -0.3 is 15.7 Å². The summed E-state index contributed by atoms with van der Waals surface area (Å²) in [4.78, 5) is 23.5. The van der Waals surface area contributed by atoms with Gasteiger partial charge in [0.05, 0.1) is 0 Å². The highest BCUT2D eigenvalue weighted by atomic mass is 16.4. The molecule has 3 N–H and O–H groups in total. The number of carboxylic acids is 1. The second kappa shape index (κ2) is 6.02. The molecule has 2 rings (SSSR count). The molecule has 20 heavy (non-hydrogen) atoms. The lowest BCUT2D eigenvalue weighted by molar-refractivity contribution is -0.144. The molecule has 0 saturated heterocycles. The van der Waals surface area contributed by atoms with Crippen LogP contribution in [0, 0.1) is 11.8 Å². The number of hydrogen-bond donors (Lipinski definition) is 3. The molecule has 2 aliphatic carbocycles. The summed E-state index contributed by atoms with van der Waals surface area (Å²) in [5.74, 6) is 0.323. The number of rotatable bonds is 3. The quantitative estimate of drug-likeness (QED) is 0.744. The molecule has 2 unspecified atom stereocenters. The fraction of sp³-hybridized carbons (Fsp3) is 0.867. The molecule has 0 aliphatic heterocycles. The van der Waals surface area contributed by atoms with Crippen LogP contribution in [0.15, 0.2) is 0 Å². The summed E-state index contributed by atoms with van der Waals surface area (Å²) in [7, 11) is 0. The first kappa shape index (κ1) is 15.1. The lowest BCUT2D eigenvalue weighted by Crippen LogP contribution is -2.57. The zero-order valence-electron chi connectivity index (χ0n) is 12.4. The summed E-state index contributed by atoms with van der Waals surface area (Å²) in [5.41, 5.74) is -1.05. The van der Waals surface area contributed by atoms with Crippen molar-refractivity contribution in [3.63, 3.8) is 0 Å². The van der Waals surface area contributed by atoms with Gasteiger partial charge in [-0.05, 0) is 43.9 Å². The molecule has 5 nitrogen and oxygen atoms in total. The number of amides is 2. The maximum absolute atomic E-state index is 12.1. The number of carboxylic acid groups (broad SMARTS) is 1. The summed E-state index contributed by atoms with van der Waals surface area (Å²) in [6.45, 7) is 4.41. The van der Waals surface area contributed by atoms with Crippen LogP contribution in [0.2, 0.25) is 0 Å². The normalized spacial score (nSPS) is 32.6. The lowest BCUT2D eigenvalue weighted by atomic mass is 9.80. The highest BCUT2D eigenvalue weighted by Gasteiger charge is 2.43. The molecule has 0 spiro atoms. The van der Waals surface area contributed by atoms with E-state index in [0.717, 1.165) is 25.7 Å². The molecule has 2 saturated carbocycles. The van der Waals surface area contributed by atoms with Gasteiger partial charge in [0.15, 0.2) is 0 Å². The topological polar surface area (TPSA) is 78.4 Å². The van der Waals surface area contributed by atoms with Crippen molar-refractivity contribution in [3.05, 3.63) is 0 Å². The maximum Gasteiger partial charge on any atom is 0.329 e. The third kappa shape index (κ3) is 3.44. The minimum Gasteiger partial charge on any atom is -0.480 e. The molecule has 2 aliphatic rings. The van der Waals surface area contributed by atoms with E-state index in [1.807, 2.05) is 0 Å². The predicted octanol–water partition coefficient (Wildman–Crippen LogP) is 2.51. The summed E-state index contributed by atoms with van der Waals surface area (Å²) < 4.78 is 0. The van der Waals surface area contributed by atoms with Gasteiger partial charge in [0.25, 0.3) is 0 Å². The Morgan fingerprint density at radius 1 is 1.05 bits per heavy atom. The second-order valence-corrected chi connectivity index (χ2v) is 6.81. The van der Waals surface area contributed by atoms with E-state index in [0.29, 0.717) is 24.7 Å². The minimum atomic E-state index is -1.05. The van der Waals surface area contributed by atoms with Crippen LogP contribution >= 0.6 is 0 Å². The highest BCUT2D eigenvalue weighted by Crippen LogP contribution is 2.31. The van der Waals surface area contributed by atoms with Crippen molar-refractivity contribution in [2.75, 3.05) is 0 Å². The predicted molar refractivity (Wildman–Crippen MR) is 76.5 cm³/mol. The molecule has 114 valence electrons. The standard InChI is InChI=1S/C15H26N2O3/c1-10-7-11(2)9-12(8-10)16-14(20)17-15(13(18)19)5-3-4-6-15/h10-12H,3-9H2,1-2H3,(H,18,19)(H2,16,17,20). The number of hydrogen-bond acceptors (Lipinski definition) is 2. The lowest BCUT2D eigenvalue weighted by Gasteiger charge is -2.33. The van der Waals surface area contributed by atoms with E-state index in [4.69, 9.17) is 0 Å².